The van der Waals surface area contributed by atoms with Crippen LogP contribution in [0, 0.1) is 0 Å². The van der Waals surface area contributed by atoms with Gasteiger partial charge in [-0.25, -0.2) is 15.0 Å². The molecule has 0 bridgehead atoms. The van der Waals surface area contributed by atoms with Gasteiger partial charge in [-0.3, -0.25) is 0 Å². The summed E-state index contributed by atoms with van der Waals surface area (Å²) in [4.78, 5) is 15.7. The molecule has 0 radical (unpaired) electrons. The van der Waals surface area contributed by atoms with E-state index in [2.05, 4.69) is 152 Å². The van der Waals surface area contributed by atoms with Gasteiger partial charge in [0.15, 0.2) is 5.82 Å². The minimum Gasteiger partial charge on any atom is -0.455 e. The topological polar surface area (TPSA) is 51.8 Å². The summed E-state index contributed by atoms with van der Waals surface area (Å²) in [6.07, 6.45) is 0. The van der Waals surface area contributed by atoms with Gasteiger partial charge in [0.05, 0.1) is 28.0 Å². The lowest BCUT2D eigenvalue weighted by molar-refractivity contribution is 0.672. The molecule has 0 N–H and O–H groups in total. The van der Waals surface area contributed by atoms with E-state index in [1.165, 1.54) is 32.3 Å². The van der Waals surface area contributed by atoms with Crippen LogP contribution in [0.1, 0.15) is 0 Å². The van der Waals surface area contributed by atoms with Crippen molar-refractivity contribution in [1.82, 2.24) is 15.0 Å². The number of hydrogen-bond donors (Lipinski definition) is 0. The molecule has 0 saturated carbocycles. The van der Waals surface area contributed by atoms with Crippen molar-refractivity contribution in [3.8, 4) is 56.3 Å². The van der Waals surface area contributed by atoms with E-state index in [1.54, 1.807) is 0 Å². The highest BCUT2D eigenvalue weighted by Gasteiger charge is 2.21. The predicted molar refractivity (Wildman–Crippen MR) is 244 cm³/mol. The summed E-state index contributed by atoms with van der Waals surface area (Å²) in [7, 11) is 0. The lowest BCUT2D eigenvalue weighted by atomic mass is 9.91. The Hall–Kier alpha value is -7.95. The minimum atomic E-state index is 0.691. The van der Waals surface area contributed by atoms with Gasteiger partial charge in [-0.2, -0.15) is 0 Å². The van der Waals surface area contributed by atoms with Gasteiger partial charge in [-0.05, 0) is 62.1 Å². The largest absolute Gasteiger partial charge is 0.455 e. The number of fused-ring (bicyclic) bond motifs is 11. The first-order valence-corrected chi connectivity index (χ1v) is 19.9. The van der Waals surface area contributed by atoms with Crippen molar-refractivity contribution in [2.45, 2.75) is 0 Å². The molecule has 0 amide bonds. The minimum absolute atomic E-state index is 0.691. The van der Waals surface area contributed by atoms with Crippen LogP contribution in [0.3, 0.4) is 0 Å². The quantitative estimate of drug-likeness (QED) is 0.164. The molecule has 0 aliphatic heterocycles. The molecule has 0 saturated heterocycles. The smallest absolute Gasteiger partial charge is 0.160 e. The highest BCUT2D eigenvalue weighted by Crippen LogP contribution is 2.43. The third-order valence-corrected chi connectivity index (χ3v) is 11.7. The van der Waals surface area contributed by atoms with Crippen LogP contribution in [0.25, 0.3) is 121 Å². The van der Waals surface area contributed by atoms with E-state index < -0.39 is 0 Å². The molecule has 12 aromatic rings. The lowest BCUT2D eigenvalue weighted by Gasteiger charge is -2.14. The first-order valence-electron chi connectivity index (χ1n) is 19.9. The van der Waals surface area contributed by atoms with Crippen LogP contribution in [0.15, 0.2) is 205 Å². The first-order chi connectivity index (χ1) is 29.2. The fraction of sp³-hybridized carbons (Fsp3) is 0. The van der Waals surface area contributed by atoms with E-state index in [0.717, 1.165) is 83.3 Å². The number of rotatable bonds is 5. The molecule has 0 spiro atoms. The number of hydrogen-bond acceptors (Lipinski definition) is 4. The molecule has 0 aliphatic rings. The third-order valence-electron chi connectivity index (χ3n) is 11.7. The zero-order valence-corrected chi connectivity index (χ0v) is 31.8. The summed E-state index contributed by atoms with van der Waals surface area (Å²) < 4.78 is 6.74. The second-order valence-corrected chi connectivity index (χ2v) is 15.1. The fourth-order valence-corrected chi connectivity index (χ4v) is 8.87. The molecular formula is C55H33N3O. The molecule has 3 aromatic heterocycles. The highest BCUT2D eigenvalue weighted by atomic mass is 16.3. The molecule has 9 aromatic carbocycles. The second kappa shape index (κ2) is 13.3. The van der Waals surface area contributed by atoms with Crippen molar-refractivity contribution < 1.29 is 4.42 Å². The second-order valence-electron chi connectivity index (χ2n) is 15.1. The summed E-state index contributed by atoms with van der Waals surface area (Å²) in [5.74, 6) is 0.691. The summed E-state index contributed by atoms with van der Waals surface area (Å²) in [5, 5.41) is 10.5. The fourth-order valence-electron chi connectivity index (χ4n) is 8.87. The Kier molecular flexibility index (Phi) is 7.50. The molecule has 274 valence electrons. The van der Waals surface area contributed by atoms with Crippen molar-refractivity contribution in [1.29, 1.82) is 0 Å². The molecule has 0 unspecified atom stereocenters. The van der Waals surface area contributed by atoms with Gasteiger partial charge in [-0.15, -0.1) is 0 Å². The van der Waals surface area contributed by atoms with E-state index in [-0.39, 0.29) is 0 Å². The summed E-state index contributed by atoms with van der Waals surface area (Å²) in [6.45, 7) is 0. The maximum atomic E-state index is 6.74. The molecule has 3 heterocycles. The van der Waals surface area contributed by atoms with Crippen molar-refractivity contribution in [3.63, 3.8) is 0 Å². The van der Waals surface area contributed by atoms with Crippen LogP contribution in [0.4, 0.5) is 0 Å². The molecule has 12 rings (SSSR count). The van der Waals surface area contributed by atoms with Gasteiger partial charge < -0.3 is 4.42 Å². The Morgan fingerprint density at radius 3 is 1.51 bits per heavy atom. The average Bonchev–Trinajstić information content (AvgIpc) is 3.72. The van der Waals surface area contributed by atoms with Crippen LogP contribution in [-0.4, -0.2) is 15.0 Å². The SMILES string of the molecule is c1ccc(-c2cc(-c3ccc(-c4nc5c(-c6ccc7c8ccccc8c8ccccc8c7c6)cccc5c5oc6ccccc6c45)cc3)nc(-c3ccccc3)n2)cc1. The summed E-state index contributed by atoms with van der Waals surface area (Å²) in [5.41, 5.74) is 11.4. The standard InChI is InChI=1S/C55H33N3O/c1-3-14-34(15-4-1)48-33-49(57-55(56-48)37-16-5-2-6-17-37)35-26-28-36(29-27-35)52-51-45-22-11-12-25-50(45)59-54(51)46-24-13-23-39(53(46)58-52)38-30-31-44-42-20-8-7-18-40(42)41-19-9-10-21-43(41)47(44)32-38/h1-33H. The number of pyridine rings is 1. The van der Waals surface area contributed by atoms with Crippen LogP contribution in [-0.2, 0) is 0 Å². The normalized spacial score (nSPS) is 11.7. The van der Waals surface area contributed by atoms with E-state index >= 15 is 0 Å². The van der Waals surface area contributed by atoms with Crippen LogP contribution in [0.2, 0.25) is 0 Å². The van der Waals surface area contributed by atoms with Gasteiger partial charge in [-0.1, -0.05) is 176 Å². The van der Waals surface area contributed by atoms with E-state index in [9.17, 15) is 0 Å². The van der Waals surface area contributed by atoms with Gasteiger partial charge in [0.1, 0.15) is 11.2 Å². The van der Waals surface area contributed by atoms with Crippen LogP contribution in [0.5, 0.6) is 0 Å². The van der Waals surface area contributed by atoms with Gasteiger partial charge in [0.25, 0.3) is 0 Å². The van der Waals surface area contributed by atoms with Gasteiger partial charge in [0.2, 0.25) is 0 Å². The van der Waals surface area contributed by atoms with E-state index in [4.69, 9.17) is 19.4 Å². The molecule has 0 aliphatic carbocycles. The number of benzene rings is 9. The predicted octanol–water partition coefficient (Wildman–Crippen LogP) is 14.7. The van der Waals surface area contributed by atoms with E-state index in [0.29, 0.717) is 5.82 Å². The highest BCUT2D eigenvalue weighted by molar-refractivity contribution is 6.26. The first kappa shape index (κ1) is 33.2. The number of furan rings is 1. The molecule has 0 fully saturated rings. The van der Waals surface area contributed by atoms with Gasteiger partial charge >= 0.3 is 0 Å². The Labute approximate surface area is 339 Å². The molecule has 4 heteroatoms. The zero-order valence-electron chi connectivity index (χ0n) is 31.8. The van der Waals surface area contributed by atoms with Crippen molar-refractivity contribution >= 4 is 65.2 Å². The Morgan fingerprint density at radius 1 is 0.322 bits per heavy atom. The van der Waals surface area contributed by atoms with E-state index in [1.807, 2.05) is 48.5 Å². The Morgan fingerprint density at radius 2 is 0.831 bits per heavy atom. The monoisotopic (exact) mass is 751 g/mol. The maximum absolute atomic E-state index is 6.74. The average molecular weight is 752 g/mol. The molecule has 59 heavy (non-hydrogen) atoms. The summed E-state index contributed by atoms with van der Waals surface area (Å²) >= 11 is 0. The zero-order chi connectivity index (χ0) is 38.9. The lowest BCUT2D eigenvalue weighted by Crippen LogP contribution is -1.96. The Balaban J connectivity index is 1.05. The van der Waals surface area contributed by atoms with Crippen molar-refractivity contribution in [2.75, 3.05) is 0 Å². The maximum Gasteiger partial charge on any atom is 0.160 e. The molecule has 0 atom stereocenters. The number of aromatic nitrogens is 3. The number of nitrogens with zero attached hydrogens (tertiary/aromatic N) is 3. The van der Waals surface area contributed by atoms with Gasteiger partial charge in [0, 0.05) is 38.6 Å². The van der Waals surface area contributed by atoms with Crippen LogP contribution < -0.4 is 0 Å². The van der Waals surface area contributed by atoms with Crippen molar-refractivity contribution in [3.05, 3.63) is 200 Å². The third kappa shape index (κ3) is 5.42. The van der Waals surface area contributed by atoms with Crippen LogP contribution >= 0.6 is 0 Å². The molecule has 4 nitrogen and oxygen atoms in total. The number of para-hydroxylation sites is 2. The van der Waals surface area contributed by atoms with Crippen molar-refractivity contribution in [2.24, 2.45) is 0 Å². The molecular weight excluding hydrogens is 719 g/mol. The Bertz CT molecular complexity index is 3500. The summed E-state index contributed by atoms with van der Waals surface area (Å²) in [6, 6.07) is 70.1.